The molecular formula is C24H17Cl3N4O6S2. The molecule has 0 saturated heterocycles. The summed E-state index contributed by atoms with van der Waals surface area (Å²) in [6.45, 7) is -0.304. The zero-order valence-electron chi connectivity index (χ0n) is 19.7. The number of sulfonamides is 1. The Balaban J connectivity index is 1.39. The highest BCUT2D eigenvalue weighted by atomic mass is 35.5. The summed E-state index contributed by atoms with van der Waals surface area (Å²) in [6, 6.07) is 11.0. The van der Waals surface area contributed by atoms with Gasteiger partial charge in [-0.25, -0.2) is 21.8 Å². The van der Waals surface area contributed by atoms with Crippen LogP contribution in [-0.4, -0.2) is 44.3 Å². The molecule has 3 heterocycles. The minimum atomic E-state index is -4.15. The molecule has 1 aliphatic carbocycles. The third kappa shape index (κ3) is 5.07. The van der Waals surface area contributed by atoms with Crippen molar-refractivity contribution in [3.05, 3.63) is 69.6 Å². The maximum atomic E-state index is 13.5. The van der Waals surface area contributed by atoms with Crippen LogP contribution in [0.2, 0.25) is 15.2 Å². The predicted molar refractivity (Wildman–Crippen MR) is 144 cm³/mol. The summed E-state index contributed by atoms with van der Waals surface area (Å²) >= 11 is 18.5. The van der Waals surface area contributed by atoms with Crippen molar-refractivity contribution in [3.8, 4) is 23.1 Å². The number of pyridine rings is 1. The summed E-state index contributed by atoms with van der Waals surface area (Å²) in [4.78, 5) is 8.26. The van der Waals surface area contributed by atoms with E-state index < -0.39 is 25.6 Å². The van der Waals surface area contributed by atoms with E-state index in [0.29, 0.717) is 16.4 Å². The van der Waals surface area contributed by atoms with E-state index in [0.717, 1.165) is 23.2 Å². The van der Waals surface area contributed by atoms with Crippen molar-refractivity contribution in [1.29, 1.82) is 0 Å². The zero-order valence-corrected chi connectivity index (χ0v) is 23.6. The molecule has 202 valence electrons. The Morgan fingerprint density at radius 2 is 1.74 bits per heavy atom. The van der Waals surface area contributed by atoms with Gasteiger partial charge in [0, 0.05) is 35.2 Å². The molecule has 0 radical (unpaired) electrons. The summed E-state index contributed by atoms with van der Waals surface area (Å²) < 4.78 is 64.9. The minimum Gasteiger partial charge on any atom is -0.437 e. The first-order valence-electron chi connectivity index (χ1n) is 11.6. The fourth-order valence-corrected chi connectivity index (χ4v) is 7.76. The molecule has 2 aromatic heterocycles. The van der Waals surface area contributed by atoms with Crippen LogP contribution < -0.4 is 9.04 Å². The highest BCUT2D eigenvalue weighted by Crippen LogP contribution is 2.43. The van der Waals surface area contributed by atoms with E-state index in [2.05, 4.69) is 15.1 Å². The smallest absolute Gasteiger partial charge is 0.264 e. The molecule has 10 nitrogen and oxygen atoms in total. The molecule has 1 aliphatic heterocycles. The summed E-state index contributed by atoms with van der Waals surface area (Å²) in [7, 11) is -7.96. The average Bonchev–Trinajstić information content (AvgIpc) is 3.61. The fourth-order valence-electron chi connectivity index (χ4n) is 4.08. The van der Waals surface area contributed by atoms with E-state index in [9.17, 15) is 16.8 Å². The lowest BCUT2D eigenvalue weighted by Gasteiger charge is -2.30. The minimum absolute atomic E-state index is 0.00343. The van der Waals surface area contributed by atoms with Gasteiger partial charge in [-0.15, -0.1) is 0 Å². The van der Waals surface area contributed by atoms with Gasteiger partial charge in [-0.1, -0.05) is 40.0 Å². The first-order chi connectivity index (χ1) is 18.5. The zero-order chi connectivity index (χ0) is 27.5. The van der Waals surface area contributed by atoms with E-state index in [1.54, 1.807) is 0 Å². The number of nitrogens with zero attached hydrogens (tertiary/aromatic N) is 4. The third-order valence-electron chi connectivity index (χ3n) is 6.20. The van der Waals surface area contributed by atoms with Gasteiger partial charge in [-0.3, -0.25) is 4.31 Å². The van der Waals surface area contributed by atoms with Gasteiger partial charge in [0.1, 0.15) is 10.9 Å². The third-order valence-corrected chi connectivity index (χ3v) is 10.5. The molecule has 0 bridgehead atoms. The first-order valence-corrected chi connectivity index (χ1v) is 15.8. The number of anilines is 1. The molecule has 39 heavy (non-hydrogen) atoms. The van der Waals surface area contributed by atoms with Gasteiger partial charge < -0.3 is 9.26 Å². The average molecular weight is 628 g/mol. The van der Waals surface area contributed by atoms with Crippen LogP contribution in [0.3, 0.4) is 0 Å². The lowest BCUT2D eigenvalue weighted by Crippen LogP contribution is -2.39. The molecule has 1 saturated carbocycles. The Hall–Kier alpha value is -2.90. The molecule has 0 spiro atoms. The normalized spacial score (nSPS) is 16.6. The quantitative estimate of drug-likeness (QED) is 0.245. The number of ether oxygens (including phenoxy) is 1. The number of rotatable bonds is 6. The standard InChI is InChI=1S/C24H17Cl3N4O6S2/c25-15-3-5-16(6-4-15)39(34,35)31-7-8-38(32,33)20-11-17(26)19(12-18(20)31)36-22-10-14(9-21(27)28-22)24-29-23(30-37-24)13-1-2-13/h3-6,9-13H,1-2,7-8H2. The Morgan fingerprint density at radius 1 is 1.00 bits per heavy atom. The van der Waals surface area contributed by atoms with Crippen LogP contribution in [0, 0.1) is 0 Å². The molecule has 4 aromatic rings. The Kier molecular flexibility index (Phi) is 6.50. The van der Waals surface area contributed by atoms with Crippen molar-refractivity contribution in [3.63, 3.8) is 0 Å². The highest BCUT2D eigenvalue weighted by molar-refractivity contribution is 7.94. The summed E-state index contributed by atoms with van der Waals surface area (Å²) in [6.07, 6.45) is 2.00. The largest absolute Gasteiger partial charge is 0.437 e. The van der Waals surface area contributed by atoms with Gasteiger partial charge in [-0.05, 0) is 49.2 Å². The van der Waals surface area contributed by atoms with Crippen LogP contribution in [0.15, 0.2) is 62.8 Å². The van der Waals surface area contributed by atoms with E-state index in [1.807, 2.05) is 0 Å². The Bertz CT molecular complexity index is 1830. The second-order valence-electron chi connectivity index (χ2n) is 8.95. The molecular weight excluding hydrogens is 611 g/mol. The molecule has 0 atom stereocenters. The highest BCUT2D eigenvalue weighted by Gasteiger charge is 2.37. The summed E-state index contributed by atoms with van der Waals surface area (Å²) in [5, 5.41) is 4.35. The van der Waals surface area contributed by atoms with Crippen LogP contribution in [0.1, 0.15) is 24.6 Å². The fraction of sp³-hybridized carbons (Fsp3) is 0.208. The second-order valence-corrected chi connectivity index (χ2v) is 14.1. The van der Waals surface area contributed by atoms with Gasteiger partial charge in [0.15, 0.2) is 15.7 Å². The molecule has 2 aromatic carbocycles. The van der Waals surface area contributed by atoms with Crippen molar-refractivity contribution in [2.24, 2.45) is 0 Å². The van der Waals surface area contributed by atoms with Crippen molar-refractivity contribution in [1.82, 2.24) is 15.1 Å². The van der Waals surface area contributed by atoms with Crippen LogP contribution in [0.4, 0.5) is 5.69 Å². The number of hydrogen-bond acceptors (Lipinski definition) is 9. The van der Waals surface area contributed by atoms with E-state index >= 15 is 0 Å². The lowest BCUT2D eigenvalue weighted by atomic mass is 10.2. The summed E-state index contributed by atoms with van der Waals surface area (Å²) in [5.74, 6) is 0.670. The second kappa shape index (κ2) is 9.63. The molecule has 6 rings (SSSR count). The van der Waals surface area contributed by atoms with Crippen molar-refractivity contribution in [2.75, 3.05) is 16.6 Å². The van der Waals surface area contributed by atoms with Crippen LogP contribution >= 0.6 is 34.8 Å². The van der Waals surface area contributed by atoms with E-state index in [4.69, 9.17) is 44.1 Å². The van der Waals surface area contributed by atoms with Crippen molar-refractivity contribution >= 4 is 60.4 Å². The van der Waals surface area contributed by atoms with Crippen LogP contribution in [-0.2, 0) is 19.9 Å². The topological polar surface area (TPSA) is 133 Å². The number of halogens is 3. The first kappa shape index (κ1) is 26.3. The SMILES string of the molecule is O=S1(=O)CCN(S(=O)(=O)c2ccc(Cl)cc2)c2cc(Oc3cc(-c4nc(C5CC5)no4)cc(Cl)n3)c(Cl)cc21. The number of sulfone groups is 1. The van der Waals surface area contributed by atoms with Crippen molar-refractivity contribution in [2.45, 2.75) is 28.6 Å². The van der Waals surface area contributed by atoms with Crippen molar-refractivity contribution < 1.29 is 26.1 Å². The molecule has 2 aliphatic rings. The van der Waals surface area contributed by atoms with Crippen LogP contribution in [0.5, 0.6) is 11.6 Å². The van der Waals surface area contributed by atoms with Gasteiger partial charge in [0.05, 0.1) is 26.3 Å². The number of benzene rings is 2. The monoisotopic (exact) mass is 626 g/mol. The Morgan fingerprint density at radius 3 is 2.46 bits per heavy atom. The summed E-state index contributed by atoms with van der Waals surface area (Å²) in [5.41, 5.74) is 0.344. The number of hydrogen-bond donors (Lipinski definition) is 0. The van der Waals surface area contributed by atoms with Gasteiger partial charge >= 0.3 is 0 Å². The van der Waals surface area contributed by atoms with Gasteiger partial charge in [-0.2, -0.15) is 4.98 Å². The molecule has 0 unspecified atom stereocenters. The van der Waals surface area contributed by atoms with E-state index in [-0.39, 0.29) is 55.6 Å². The maximum Gasteiger partial charge on any atom is 0.264 e. The predicted octanol–water partition coefficient (Wildman–Crippen LogP) is 5.74. The molecule has 15 heteroatoms. The molecule has 1 fully saturated rings. The van der Waals surface area contributed by atoms with Gasteiger partial charge in [0.25, 0.3) is 15.9 Å². The van der Waals surface area contributed by atoms with Gasteiger partial charge in [0.2, 0.25) is 5.88 Å². The lowest BCUT2D eigenvalue weighted by molar-refractivity contribution is 0.421. The maximum absolute atomic E-state index is 13.5. The van der Waals surface area contributed by atoms with Crippen LogP contribution in [0.25, 0.3) is 11.5 Å². The van der Waals surface area contributed by atoms with E-state index in [1.165, 1.54) is 42.5 Å². The number of aromatic nitrogens is 3. The molecule has 0 amide bonds. The molecule has 0 N–H and O–H groups in total. The number of fused-ring (bicyclic) bond motifs is 1. The Labute approximate surface area is 238 Å².